The molecular formula is C12H10N6. The van der Waals surface area contributed by atoms with Crippen molar-refractivity contribution in [2.75, 3.05) is 11.5 Å². The fourth-order valence-corrected chi connectivity index (χ4v) is 1.82. The number of nitrogen functional groups attached to an aromatic ring is 2. The zero-order valence-corrected chi connectivity index (χ0v) is 9.41. The predicted molar refractivity (Wildman–Crippen MR) is 69.4 cm³/mol. The highest BCUT2D eigenvalue weighted by Crippen LogP contribution is 2.27. The van der Waals surface area contributed by atoms with E-state index < -0.39 is 0 Å². The van der Waals surface area contributed by atoms with Crippen molar-refractivity contribution in [3.63, 3.8) is 0 Å². The molecule has 2 heterocycles. The number of anilines is 2. The molecule has 0 unspecified atom stereocenters. The Kier molecular flexibility index (Phi) is 2.26. The lowest BCUT2D eigenvalue weighted by Crippen LogP contribution is -2.03. The number of benzene rings is 1. The van der Waals surface area contributed by atoms with Crippen LogP contribution >= 0.6 is 0 Å². The van der Waals surface area contributed by atoms with E-state index in [9.17, 15) is 0 Å². The van der Waals surface area contributed by atoms with Crippen LogP contribution in [0, 0.1) is 0 Å². The van der Waals surface area contributed by atoms with Gasteiger partial charge < -0.3 is 11.5 Å². The first kappa shape index (κ1) is 10.4. The maximum atomic E-state index is 5.88. The highest BCUT2D eigenvalue weighted by molar-refractivity contribution is 5.97. The first-order valence-corrected chi connectivity index (χ1v) is 5.35. The van der Waals surface area contributed by atoms with Gasteiger partial charge in [0.25, 0.3) is 0 Å². The monoisotopic (exact) mass is 238 g/mol. The first-order valence-electron chi connectivity index (χ1n) is 5.35. The maximum absolute atomic E-state index is 5.88. The van der Waals surface area contributed by atoms with Gasteiger partial charge in [0.05, 0.1) is 11.1 Å². The first-order chi connectivity index (χ1) is 8.75. The summed E-state index contributed by atoms with van der Waals surface area (Å²) in [5.41, 5.74) is 13.5. The molecule has 0 atom stereocenters. The van der Waals surface area contributed by atoms with Crippen LogP contribution in [0.5, 0.6) is 0 Å². The van der Waals surface area contributed by atoms with Gasteiger partial charge in [-0.05, 0) is 0 Å². The molecule has 0 saturated carbocycles. The molecule has 0 saturated heterocycles. The topological polar surface area (TPSA) is 104 Å². The van der Waals surface area contributed by atoms with Gasteiger partial charge in [-0.1, -0.05) is 30.3 Å². The Morgan fingerprint density at radius 1 is 0.889 bits per heavy atom. The molecule has 0 aliphatic rings. The molecular weight excluding hydrogens is 228 g/mol. The minimum absolute atomic E-state index is 0.109. The lowest BCUT2D eigenvalue weighted by Gasteiger charge is -2.06. The van der Waals surface area contributed by atoms with Gasteiger partial charge in [0, 0.05) is 5.56 Å². The third-order valence-electron chi connectivity index (χ3n) is 2.59. The fraction of sp³-hybridized carbons (Fsp3) is 0. The smallest absolute Gasteiger partial charge is 0.224 e. The maximum Gasteiger partial charge on any atom is 0.224 e. The van der Waals surface area contributed by atoms with Gasteiger partial charge in [0.15, 0.2) is 5.65 Å². The molecule has 6 heteroatoms. The summed E-state index contributed by atoms with van der Waals surface area (Å²) in [5, 5.41) is 0.623. The van der Waals surface area contributed by atoms with Crippen LogP contribution in [-0.2, 0) is 0 Å². The van der Waals surface area contributed by atoms with Crippen LogP contribution in [0.25, 0.3) is 22.3 Å². The summed E-state index contributed by atoms with van der Waals surface area (Å²) < 4.78 is 0. The molecule has 0 fully saturated rings. The molecule has 2 aromatic heterocycles. The van der Waals surface area contributed by atoms with Crippen LogP contribution in [0.3, 0.4) is 0 Å². The van der Waals surface area contributed by atoms with E-state index in [0.717, 1.165) is 5.56 Å². The summed E-state index contributed by atoms with van der Waals surface area (Å²) in [4.78, 5) is 16.3. The highest BCUT2D eigenvalue weighted by Gasteiger charge is 2.11. The van der Waals surface area contributed by atoms with Crippen LogP contribution in [0.15, 0.2) is 36.7 Å². The van der Waals surface area contributed by atoms with Gasteiger partial charge in [0.2, 0.25) is 5.95 Å². The van der Waals surface area contributed by atoms with Crippen molar-refractivity contribution in [3.8, 4) is 11.3 Å². The molecule has 0 spiro atoms. The minimum Gasteiger partial charge on any atom is -0.383 e. The summed E-state index contributed by atoms with van der Waals surface area (Å²) in [6.45, 7) is 0. The molecule has 0 radical (unpaired) electrons. The van der Waals surface area contributed by atoms with Gasteiger partial charge in [-0.2, -0.15) is 9.97 Å². The Balaban J connectivity index is 2.37. The van der Waals surface area contributed by atoms with Crippen molar-refractivity contribution >= 4 is 22.8 Å². The zero-order valence-electron chi connectivity index (χ0n) is 9.41. The van der Waals surface area contributed by atoms with E-state index in [-0.39, 0.29) is 11.8 Å². The van der Waals surface area contributed by atoms with Crippen LogP contribution < -0.4 is 11.5 Å². The second-order valence-corrected chi connectivity index (χ2v) is 3.75. The number of aromatic nitrogens is 4. The van der Waals surface area contributed by atoms with Crippen LogP contribution in [0.2, 0.25) is 0 Å². The van der Waals surface area contributed by atoms with E-state index in [1.165, 1.54) is 6.33 Å². The molecule has 4 N–H and O–H groups in total. The molecule has 3 rings (SSSR count). The summed E-state index contributed by atoms with van der Waals surface area (Å²) in [7, 11) is 0. The Morgan fingerprint density at radius 2 is 1.67 bits per heavy atom. The van der Waals surface area contributed by atoms with Crippen molar-refractivity contribution < 1.29 is 0 Å². The van der Waals surface area contributed by atoms with E-state index in [1.807, 2.05) is 30.3 Å². The number of hydrogen-bond acceptors (Lipinski definition) is 6. The van der Waals surface area contributed by atoms with Crippen molar-refractivity contribution in [2.45, 2.75) is 0 Å². The predicted octanol–water partition coefficient (Wildman–Crippen LogP) is 1.25. The fourth-order valence-electron chi connectivity index (χ4n) is 1.82. The SMILES string of the molecule is Nc1nc(N)c2c(-c3ccccc3)ncnc2n1. The average Bonchev–Trinajstić information content (AvgIpc) is 2.38. The molecule has 0 amide bonds. The van der Waals surface area contributed by atoms with Crippen molar-refractivity contribution in [1.29, 1.82) is 0 Å². The minimum atomic E-state index is 0.109. The Bertz CT molecular complexity index is 710. The third-order valence-corrected chi connectivity index (χ3v) is 2.59. The average molecular weight is 238 g/mol. The van der Waals surface area contributed by atoms with E-state index in [1.54, 1.807) is 0 Å². The number of fused-ring (bicyclic) bond motifs is 1. The third kappa shape index (κ3) is 1.60. The second-order valence-electron chi connectivity index (χ2n) is 3.75. The van der Waals surface area contributed by atoms with Gasteiger partial charge in [-0.3, -0.25) is 0 Å². The second kappa shape index (κ2) is 3.92. The van der Waals surface area contributed by atoms with Gasteiger partial charge in [-0.15, -0.1) is 0 Å². The molecule has 0 bridgehead atoms. The molecule has 88 valence electrons. The van der Waals surface area contributed by atoms with Crippen molar-refractivity contribution in [2.24, 2.45) is 0 Å². The van der Waals surface area contributed by atoms with Gasteiger partial charge in [-0.25, -0.2) is 9.97 Å². The standard InChI is InChI=1S/C12H10N6/c13-10-8-9(7-4-2-1-3-5-7)15-6-16-11(8)18-12(14)17-10/h1-6H,(H4,13,14,15,16,17,18). The Hall–Kier alpha value is -2.76. The number of nitrogens with two attached hydrogens (primary N) is 2. The van der Waals surface area contributed by atoms with E-state index in [0.29, 0.717) is 16.7 Å². The van der Waals surface area contributed by atoms with E-state index in [2.05, 4.69) is 19.9 Å². The lowest BCUT2D eigenvalue weighted by molar-refractivity contribution is 1.15. The molecule has 3 aromatic rings. The molecule has 0 aliphatic carbocycles. The van der Waals surface area contributed by atoms with Crippen molar-refractivity contribution in [3.05, 3.63) is 36.7 Å². The van der Waals surface area contributed by atoms with Gasteiger partial charge >= 0.3 is 0 Å². The molecule has 0 aliphatic heterocycles. The summed E-state index contributed by atoms with van der Waals surface area (Å²) >= 11 is 0. The number of nitrogens with zero attached hydrogens (tertiary/aromatic N) is 4. The summed E-state index contributed by atoms with van der Waals surface area (Å²) in [5.74, 6) is 0.398. The lowest BCUT2D eigenvalue weighted by atomic mass is 10.1. The Labute approximate surface area is 103 Å². The summed E-state index contributed by atoms with van der Waals surface area (Å²) in [6.07, 6.45) is 1.44. The Morgan fingerprint density at radius 3 is 2.44 bits per heavy atom. The normalized spacial score (nSPS) is 10.7. The van der Waals surface area contributed by atoms with E-state index >= 15 is 0 Å². The van der Waals surface area contributed by atoms with Crippen LogP contribution in [-0.4, -0.2) is 19.9 Å². The highest BCUT2D eigenvalue weighted by atomic mass is 15.1. The zero-order chi connectivity index (χ0) is 12.5. The van der Waals surface area contributed by atoms with Crippen LogP contribution in [0.1, 0.15) is 0 Å². The van der Waals surface area contributed by atoms with Gasteiger partial charge in [0.1, 0.15) is 12.1 Å². The van der Waals surface area contributed by atoms with Crippen molar-refractivity contribution in [1.82, 2.24) is 19.9 Å². The molecule has 6 nitrogen and oxygen atoms in total. The molecule has 18 heavy (non-hydrogen) atoms. The van der Waals surface area contributed by atoms with Crippen LogP contribution in [0.4, 0.5) is 11.8 Å². The number of rotatable bonds is 1. The van der Waals surface area contributed by atoms with E-state index in [4.69, 9.17) is 11.5 Å². The molecule has 1 aromatic carbocycles. The summed E-state index contributed by atoms with van der Waals surface area (Å²) in [6, 6.07) is 9.68. The largest absolute Gasteiger partial charge is 0.383 e. The quantitative estimate of drug-likeness (QED) is 0.661. The number of hydrogen-bond donors (Lipinski definition) is 2.